The van der Waals surface area contributed by atoms with E-state index in [2.05, 4.69) is 36.1 Å². The van der Waals surface area contributed by atoms with E-state index in [4.69, 9.17) is 0 Å². The van der Waals surface area contributed by atoms with Crippen molar-refractivity contribution in [2.45, 2.75) is 45.4 Å². The molecule has 0 bridgehead atoms. The molecule has 2 aromatic rings. The standard InChI is InChI=1S/C15H23N3OSi/c1-20(2,3)15-12-18(17-16-15)11-5-4-6-13-7-9-14(19)10-8-13/h7-10,12,19H,4-6,11H2,1-3H3. The molecule has 0 aliphatic carbocycles. The van der Waals surface area contributed by atoms with Gasteiger partial charge in [0.15, 0.2) is 0 Å². The third kappa shape index (κ3) is 4.20. The molecule has 5 heteroatoms. The number of aryl methyl sites for hydroxylation is 2. The van der Waals surface area contributed by atoms with Crippen LogP contribution in [0.15, 0.2) is 30.5 Å². The molecular weight excluding hydrogens is 266 g/mol. The summed E-state index contributed by atoms with van der Waals surface area (Å²) in [5.41, 5.74) is 1.27. The first-order valence-electron chi connectivity index (χ1n) is 7.14. The van der Waals surface area contributed by atoms with Crippen LogP contribution in [0.4, 0.5) is 0 Å². The lowest BCUT2D eigenvalue weighted by Crippen LogP contribution is -2.38. The zero-order chi connectivity index (χ0) is 14.6. The summed E-state index contributed by atoms with van der Waals surface area (Å²) in [6, 6.07) is 7.45. The lowest BCUT2D eigenvalue weighted by atomic mass is 10.1. The van der Waals surface area contributed by atoms with Crippen LogP contribution in [0.2, 0.25) is 19.6 Å². The van der Waals surface area contributed by atoms with Crippen molar-refractivity contribution < 1.29 is 5.11 Å². The summed E-state index contributed by atoms with van der Waals surface area (Å²) >= 11 is 0. The molecule has 0 saturated carbocycles. The van der Waals surface area contributed by atoms with Gasteiger partial charge in [0.25, 0.3) is 0 Å². The van der Waals surface area contributed by atoms with E-state index in [0.717, 1.165) is 25.8 Å². The number of phenolic OH excluding ortho intramolecular Hbond substituents is 1. The molecule has 0 aliphatic rings. The smallest absolute Gasteiger partial charge is 0.115 e. The van der Waals surface area contributed by atoms with Crippen LogP contribution in [0.1, 0.15) is 18.4 Å². The minimum atomic E-state index is -1.34. The molecule has 2 rings (SSSR count). The summed E-state index contributed by atoms with van der Waals surface area (Å²) in [5.74, 6) is 0.329. The number of hydrogen-bond donors (Lipinski definition) is 1. The van der Waals surface area contributed by atoms with Gasteiger partial charge in [-0.05, 0) is 37.0 Å². The Balaban J connectivity index is 1.76. The highest BCUT2D eigenvalue weighted by molar-refractivity contribution is 6.88. The molecule has 4 nitrogen and oxygen atoms in total. The summed E-state index contributed by atoms with van der Waals surface area (Å²) in [6.07, 6.45) is 5.35. The molecule has 0 unspecified atom stereocenters. The van der Waals surface area contributed by atoms with E-state index in [1.165, 1.54) is 10.9 Å². The van der Waals surface area contributed by atoms with E-state index >= 15 is 0 Å². The minimum Gasteiger partial charge on any atom is -0.508 e. The maximum Gasteiger partial charge on any atom is 0.115 e. The van der Waals surface area contributed by atoms with Gasteiger partial charge in [0.1, 0.15) is 13.8 Å². The van der Waals surface area contributed by atoms with Crippen LogP contribution < -0.4 is 5.32 Å². The topological polar surface area (TPSA) is 50.9 Å². The number of hydrogen-bond acceptors (Lipinski definition) is 3. The Morgan fingerprint density at radius 1 is 1.10 bits per heavy atom. The number of nitrogens with zero attached hydrogens (tertiary/aromatic N) is 3. The van der Waals surface area contributed by atoms with E-state index in [0.29, 0.717) is 5.75 Å². The fourth-order valence-electron chi connectivity index (χ4n) is 2.02. The predicted molar refractivity (Wildman–Crippen MR) is 84.0 cm³/mol. The number of aromatic nitrogens is 3. The van der Waals surface area contributed by atoms with Gasteiger partial charge in [-0.1, -0.05) is 37.0 Å². The highest BCUT2D eigenvalue weighted by atomic mass is 28.3. The van der Waals surface area contributed by atoms with Crippen LogP contribution in [-0.2, 0) is 13.0 Å². The van der Waals surface area contributed by atoms with Crippen LogP contribution in [0.5, 0.6) is 5.75 Å². The third-order valence-electron chi connectivity index (χ3n) is 3.35. The van der Waals surface area contributed by atoms with Crippen molar-refractivity contribution >= 4 is 13.4 Å². The van der Waals surface area contributed by atoms with Gasteiger partial charge in [-0.3, -0.25) is 4.68 Å². The molecule has 0 saturated heterocycles. The number of phenols is 1. The summed E-state index contributed by atoms with van der Waals surface area (Å²) in [4.78, 5) is 0. The first-order chi connectivity index (χ1) is 9.45. The number of rotatable bonds is 6. The van der Waals surface area contributed by atoms with Crippen molar-refractivity contribution in [1.82, 2.24) is 15.0 Å². The highest BCUT2D eigenvalue weighted by Crippen LogP contribution is 2.12. The average molecular weight is 289 g/mol. The second kappa shape index (κ2) is 6.22. The van der Waals surface area contributed by atoms with Gasteiger partial charge in [0, 0.05) is 12.7 Å². The van der Waals surface area contributed by atoms with Crippen LogP contribution in [0.3, 0.4) is 0 Å². The van der Waals surface area contributed by atoms with Gasteiger partial charge in [0.05, 0.1) is 5.32 Å². The summed E-state index contributed by atoms with van der Waals surface area (Å²) < 4.78 is 1.96. The Labute approximate surface area is 121 Å². The normalized spacial score (nSPS) is 11.8. The van der Waals surface area contributed by atoms with Crippen molar-refractivity contribution in [1.29, 1.82) is 0 Å². The molecule has 1 aromatic carbocycles. The quantitative estimate of drug-likeness (QED) is 0.657. The highest BCUT2D eigenvalue weighted by Gasteiger charge is 2.20. The molecule has 1 N–H and O–H groups in total. The average Bonchev–Trinajstić information content (AvgIpc) is 2.85. The van der Waals surface area contributed by atoms with Gasteiger partial charge in [0.2, 0.25) is 0 Å². The maximum absolute atomic E-state index is 9.23. The Kier molecular flexibility index (Phi) is 4.59. The SMILES string of the molecule is C[Si](C)(C)c1cn(CCCCc2ccc(O)cc2)nn1. The van der Waals surface area contributed by atoms with E-state index in [1.807, 2.05) is 16.8 Å². The Morgan fingerprint density at radius 2 is 1.80 bits per heavy atom. The zero-order valence-corrected chi connectivity index (χ0v) is 13.5. The van der Waals surface area contributed by atoms with E-state index in [9.17, 15) is 5.11 Å². The van der Waals surface area contributed by atoms with Gasteiger partial charge in [-0.25, -0.2) is 0 Å². The van der Waals surface area contributed by atoms with Crippen molar-refractivity contribution in [3.05, 3.63) is 36.0 Å². The minimum absolute atomic E-state index is 0.329. The summed E-state index contributed by atoms with van der Waals surface area (Å²) in [7, 11) is -1.34. The molecule has 20 heavy (non-hydrogen) atoms. The number of benzene rings is 1. The summed E-state index contributed by atoms with van der Waals surface area (Å²) in [5, 5.41) is 18.9. The van der Waals surface area contributed by atoms with E-state index < -0.39 is 8.07 Å². The molecule has 0 atom stereocenters. The van der Waals surface area contributed by atoms with Gasteiger partial charge in [-0.15, -0.1) is 5.10 Å². The largest absolute Gasteiger partial charge is 0.508 e. The van der Waals surface area contributed by atoms with Crippen molar-refractivity contribution in [3.63, 3.8) is 0 Å². The molecular formula is C15H23N3OSi. The van der Waals surface area contributed by atoms with Crippen LogP contribution in [0.25, 0.3) is 0 Å². The maximum atomic E-state index is 9.23. The van der Waals surface area contributed by atoms with E-state index in [1.54, 1.807) is 12.1 Å². The first kappa shape index (κ1) is 14.8. The molecule has 0 radical (unpaired) electrons. The van der Waals surface area contributed by atoms with Crippen molar-refractivity contribution in [2.24, 2.45) is 0 Å². The van der Waals surface area contributed by atoms with Gasteiger partial charge >= 0.3 is 0 Å². The third-order valence-corrected chi connectivity index (χ3v) is 5.11. The van der Waals surface area contributed by atoms with Crippen LogP contribution >= 0.6 is 0 Å². The molecule has 0 amide bonds. The fraction of sp³-hybridized carbons (Fsp3) is 0.467. The number of unbranched alkanes of at least 4 members (excludes halogenated alkanes) is 1. The van der Waals surface area contributed by atoms with Crippen LogP contribution in [0, 0.1) is 0 Å². The molecule has 1 heterocycles. The molecule has 108 valence electrons. The summed E-state index contributed by atoms with van der Waals surface area (Å²) in [6.45, 7) is 7.78. The lowest BCUT2D eigenvalue weighted by Gasteiger charge is -2.09. The fourth-order valence-corrected chi connectivity index (χ4v) is 2.90. The zero-order valence-electron chi connectivity index (χ0n) is 12.5. The van der Waals surface area contributed by atoms with Gasteiger partial charge in [-0.2, -0.15) is 0 Å². The van der Waals surface area contributed by atoms with Gasteiger partial charge < -0.3 is 5.11 Å². The number of aromatic hydroxyl groups is 1. The Bertz CT molecular complexity index is 543. The Morgan fingerprint density at radius 3 is 2.40 bits per heavy atom. The molecule has 0 spiro atoms. The second-order valence-corrected chi connectivity index (χ2v) is 11.3. The van der Waals surface area contributed by atoms with E-state index in [-0.39, 0.29) is 0 Å². The monoisotopic (exact) mass is 289 g/mol. The van der Waals surface area contributed by atoms with Crippen molar-refractivity contribution in [2.75, 3.05) is 0 Å². The van der Waals surface area contributed by atoms with Crippen molar-refractivity contribution in [3.8, 4) is 5.75 Å². The molecule has 0 aliphatic heterocycles. The molecule has 0 fully saturated rings. The second-order valence-electron chi connectivity index (χ2n) is 6.24. The predicted octanol–water partition coefficient (Wildman–Crippen LogP) is 2.55. The Hall–Kier alpha value is -1.62. The first-order valence-corrected chi connectivity index (χ1v) is 10.6. The van der Waals surface area contributed by atoms with Crippen LogP contribution in [-0.4, -0.2) is 28.2 Å². The molecule has 1 aromatic heterocycles. The lowest BCUT2D eigenvalue weighted by molar-refractivity contribution is 0.475.